The van der Waals surface area contributed by atoms with E-state index in [1.54, 1.807) is 0 Å². The monoisotopic (exact) mass is 513 g/mol. The van der Waals surface area contributed by atoms with Crippen LogP contribution in [0.5, 0.6) is 0 Å². The van der Waals surface area contributed by atoms with Crippen molar-refractivity contribution in [2.24, 2.45) is 0 Å². The second-order valence-electron chi connectivity index (χ2n) is 4.29. The molecule has 1 aromatic carbocycles. The van der Waals surface area contributed by atoms with Gasteiger partial charge >= 0.3 is 5.51 Å². The third kappa shape index (κ3) is 3.30. The van der Waals surface area contributed by atoms with Crippen LogP contribution in [-0.2, 0) is 15.8 Å². The zero-order chi connectivity index (χ0) is 17.6. The van der Waals surface area contributed by atoms with Crippen LogP contribution in [0, 0.1) is 0 Å². The van der Waals surface area contributed by atoms with E-state index in [9.17, 15) is 21.6 Å². The lowest BCUT2D eigenvalue weighted by molar-refractivity contribution is -0.0436. The molecule has 0 bridgehead atoms. The molecule has 0 atom stereocenters. The lowest BCUT2D eigenvalue weighted by atomic mass is 10.1. The summed E-state index contributed by atoms with van der Waals surface area (Å²) in [7, 11) is -5.60. The molecule has 1 heterocycles. The van der Waals surface area contributed by atoms with E-state index in [-0.39, 0.29) is 26.3 Å². The van der Waals surface area contributed by atoms with Gasteiger partial charge in [0.15, 0.2) is 0 Å². The van der Waals surface area contributed by atoms with Gasteiger partial charge in [-0.3, -0.25) is 0 Å². The van der Waals surface area contributed by atoms with Crippen molar-refractivity contribution < 1.29 is 21.6 Å². The van der Waals surface area contributed by atoms with Crippen molar-refractivity contribution in [3.8, 4) is 11.3 Å². The number of hydrogen-bond donors (Lipinski definition) is 0. The van der Waals surface area contributed by atoms with E-state index >= 15 is 0 Å². The number of nitrogens with zero attached hydrogens (tertiary/aromatic N) is 1. The third-order valence-electron chi connectivity index (χ3n) is 2.91. The maximum Gasteiger partial charge on any atom is 0.502 e. The Morgan fingerprint density at radius 1 is 1.13 bits per heavy atom. The summed E-state index contributed by atoms with van der Waals surface area (Å²) in [5.41, 5.74) is -5.41. The molecule has 3 nitrogen and oxygen atoms in total. The number of benzene rings is 1. The van der Waals surface area contributed by atoms with Gasteiger partial charge in [0, 0.05) is 5.02 Å². The average Bonchev–Trinajstić information content (AvgIpc) is 2.71. The van der Waals surface area contributed by atoms with Gasteiger partial charge in [-0.25, -0.2) is 8.42 Å². The molecule has 0 spiro atoms. The molecule has 0 radical (unpaired) electrons. The molecule has 0 saturated heterocycles. The van der Waals surface area contributed by atoms with Crippen molar-refractivity contribution >= 4 is 64.9 Å². The van der Waals surface area contributed by atoms with Crippen molar-refractivity contribution in [1.82, 2.24) is 4.57 Å². The first kappa shape index (κ1) is 19.1. The van der Waals surface area contributed by atoms with Crippen molar-refractivity contribution in [2.45, 2.75) is 16.4 Å². The minimum absolute atomic E-state index is 0.0836. The molecule has 0 aliphatic carbocycles. The summed E-state index contributed by atoms with van der Waals surface area (Å²) >= 11 is 17.5. The normalized spacial score (nSPS) is 12.7. The van der Waals surface area contributed by atoms with E-state index in [0.717, 1.165) is 0 Å². The first-order valence-corrected chi connectivity index (χ1v) is 9.71. The number of halogens is 7. The van der Waals surface area contributed by atoms with Crippen molar-refractivity contribution in [1.29, 1.82) is 0 Å². The quantitative estimate of drug-likeness (QED) is 0.483. The number of hydrogen-bond acceptors (Lipinski definition) is 2. The smallest absolute Gasteiger partial charge is 0.319 e. The predicted molar refractivity (Wildman–Crippen MR) is 89.4 cm³/mol. The molecule has 0 aliphatic heterocycles. The number of sulfone groups is 1. The molecule has 2 aromatic rings. The third-order valence-corrected chi connectivity index (χ3v) is 7.34. The van der Waals surface area contributed by atoms with Gasteiger partial charge < -0.3 is 4.57 Å². The van der Waals surface area contributed by atoms with E-state index in [0.29, 0.717) is 5.02 Å². The van der Waals surface area contributed by atoms with Crippen molar-refractivity contribution in [3.05, 3.63) is 38.4 Å². The Hall–Kier alpha value is -0.220. The number of aromatic nitrogens is 1. The Kier molecular flexibility index (Phi) is 5.47. The Balaban J connectivity index is 2.91. The molecular weight excluding hydrogens is 510 g/mol. The van der Waals surface area contributed by atoms with Gasteiger partial charge in [0.05, 0.1) is 16.2 Å². The van der Waals surface area contributed by atoms with Crippen LogP contribution in [0.4, 0.5) is 13.2 Å². The van der Waals surface area contributed by atoms with Gasteiger partial charge in [-0.1, -0.05) is 23.7 Å². The fourth-order valence-corrected chi connectivity index (χ4v) is 5.13. The number of rotatable bonds is 3. The highest BCUT2D eigenvalue weighted by atomic mass is 79.9. The summed E-state index contributed by atoms with van der Waals surface area (Å²) < 4.78 is 64.0. The summed E-state index contributed by atoms with van der Waals surface area (Å²) in [6.45, 7) is 0. The molecule has 0 aliphatic rings. The first-order chi connectivity index (χ1) is 10.5. The summed E-state index contributed by atoms with van der Waals surface area (Å²) in [4.78, 5) is -0.903. The van der Waals surface area contributed by atoms with Crippen LogP contribution >= 0.6 is 55.1 Å². The zero-order valence-electron chi connectivity index (χ0n) is 10.8. The van der Waals surface area contributed by atoms with Gasteiger partial charge in [0.2, 0.25) is 0 Å². The van der Waals surface area contributed by atoms with Gasteiger partial charge in [0.25, 0.3) is 9.84 Å². The van der Waals surface area contributed by atoms with Crippen LogP contribution in [0.15, 0.2) is 38.2 Å². The minimum atomic E-state index is -5.60. The largest absolute Gasteiger partial charge is 0.502 e. The summed E-state index contributed by atoms with van der Waals surface area (Å²) in [5, 5.41) is 0.357. The standard InChI is InChI=1S/C12H6Br2Cl2F3NO2S/c13-8-10(23(21,22)12(17,18)19)9(20(5-15)11(8)14)6-1-3-7(16)4-2-6/h1-4H,5H2. The lowest BCUT2D eigenvalue weighted by Gasteiger charge is -2.12. The maximum absolute atomic E-state index is 13.0. The molecule has 11 heteroatoms. The van der Waals surface area contributed by atoms with Crippen molar-refractivity contribution in [3.63, 3.8) is 0 Å². The highest BCUT2D eigenvalue weighted by molar-refractivity contribution is 9.13. The SMILES string of the molecule is O=S(=O)(c1c(Br)c(Br)n(CCl)c1-c1ccc(Cl)cc1)C(F)(F)F. The van der Waals surface area contributed by atoms with E-state index in [1.165, 1.54) is 28.8 Å². The van der Waals surface area contributed by atoms with Crippen LogP contribution in [0.1, 0.15) is 0 Å². The van der Waals surface area contributed by atoms with Gasteiger partial charge in [0.1, 0.15) is 9.50 Å². The Morgan fingerprint density at radius 2 is 1.65 bits per heavy atom. The first-order valence-electron chi connectivity index (χ1n) is 5.73. The molecule has 23 heavy (non-hydrogen) atoms. The van der Waals surface area contributed by atoms with Crippen LogP contribution in [-0.4, -0.2) is 18.5 Å². The summed E-state index contributed by atoms with van der Waals surface area (Å²) in [5.74, 6) is 0. The highest BCUT2D eigenvalue weighted by Crippen LogP contribution is 2.46. The molecule has 0 amide bonds. The maximum atomic E-state index is 13.0. The molecule has 1 aromatic heterocycles. The van der Waals surface area contributed by atoms with Gasteiger partial charge in [-0.15, -0.1) is 11.6 Å². The minimum Gasteiger partial charge on any atom is -0.319 e. The summed E-state index contributed by atoms with van der Waals surface area (Å²) in [6, 6.07) is 5.44. The molecule has 0 N–H and O–H groups in total. The van der Waals surface area contributed by atoms with Crippen molar-refractivity contribution in [2.75, 3.05) is 0 Å². The van der Waals surface area contributed by atoms with E-state index < -0.39 is 20.2 Å². The number of alkyl halides is 4. The van der Waals surface area contributed by atoms with Crippen LogP contribution in [0.25, 0.3) is 11.3 Å². The lowest BCUT2D eigenvalue weighted by Crippen LogP contribution is -2.24. The molecule has 0 fully saturated rings. The fourth-order valence-electron chi connectivity index (χ4n) is 1.90. The van der Waals surface area contributed by atoms with E-state index in [2.05, 4.69) is 31.9 Å². The second-order valence-corrected chi connectivity index (χ2v) is 8.38. The second kappa shape index (κ2) is 6.59. The Labute approximate surface area is 156 Å². The predicted octanol–water partition coefficient (Wildman–Crippen LogP) is 5.82. The van der Waals surface area contributed by atoms with Crippen LogP contribution in [0.3, 0.4) is 0 Å². The van der Waals surface area contributed by atoms with Gasteiger partial charge in [-0.2, -0.15) is 13.2 Å². The van der Waals surface area contributed by atoms with Gasteiger partial charge in [-0.05, 0) is 49.6 Å². The molecule has 0 saturated carbocycles. The van der Waals surface area contributed by atoms with E-state index in [4.69, 9.17) is 23.2 Å². The van der Waals surface area contributed by atoms with Crippen LogP contribution in [0.2, 0.25) is 5.02 Å². The average molecular weight is 516 g/mol. The summed E-state index contributed by atoms with van der Waals surface area (Å²) in [6.07, 6.45) is 0. The zero-order valence-corrected chi connectivity index (χ0v) is 16.3. The van der Waals surface area contributed by atoms with Crippen LogP contribution < -0.4 is 0 Å². The Bertz CT molecular complexity index is 849. The van der Waals surface area contributed by atoms with E-state index in [1.807, 2.05) is 0 Å². The Morgan fingerprint density at radius 3 is 2.09 bits per heavy atom. The fraction of sp³-hybridized carbons (Fsp3) is 0.167. The molecule has 2 rings (SSSR count). The molecule has 126 valence electrons. The topological polar surface area (TPSA) is 39.1 Å². The molecular formula is C12H6Br2Cl2F3NO2S. The highest BCUT2D eigenvalue weighted by Gasteiger charge is 2.50. The molecule has 0 unspecified atom stereocenters.